The largest absolute Gasteiger partial charge is 0.496 e. The normalized spacial score (nSPS) is 12.7. The van der Waals surface area contributed by atoms with Crippen molar-refractivity contribution in [2.24, 2.45) is 5.84 Å². The summed E-state index contributed by atoms with van der Waals surface area (Å²) in [6, 6.07) is 5.46. The molecular weight excluding hydrogens is 212 g/mol. The molecule has 0 aliphatic rings. The zero-order valence-corrected chi connectivity index (χ0v) is 9.08. The molecule has 3 N–H and O–H groups in total. The number of thiophene rings is 1. The van der Waals surface area contributed by atoms with Crippen molar-refractivity contribution in [3.05, 3.63) is 40.5 Å². The van der Waals surface area contributed by atoms with Crippen LogP contribution in [0.25, 0.3) is 0 Å². The minimum Gasteiger partial charge on any atom is -0.496 e. The van der Waals surface area contributed by atoms with Crippen molar-refractivity contribution >= 4 is 11.3 Å². The highest BCUT2D eigenvalue weighted by molar-refractivity contribution is 7.10. The molecule has 1 atom stereocenters. The van der Waals surface area contributed by atoms with Crippen LogP contribution in [0, 0.1) is 0 Å². The standard InChI is InChI=1S/C10H12N2O2S/c1-13-8-4-6-15-10(8)9(12-11)7-3-2-5-14-7/h2-6,9,12H,11H2,1H3. The summed E-state index contributed by atoms with van der Waals surface area (Å²) >= 11 is 1.58. The van der Waals surface area contributed by atoms with Crippen molar-refractivity contribution in [2.45, 2.75) is 6.04 Å². The highest BCUT2D eigenvalue weighted by Gasteiger charge is 2.20. The Balaban J connectivity index is 2.35. The zero-order chi connectivity index (χ0) is 10.7. The van der Waals surface area contributed by atoms with E-state index in [1.54, 1.807) is 24.7 Å². The highest BCUT2D eigenvalue weighted by Crippen LogP contribution is 2.34. The number of furan rings is 1. The Morgan fingerprint density at radius 2 is 2.40 bits per heavy atom. The number of hydrogen-bond donors (Lipinski definition) is 2. The first-order valence-electron chi connectivity index (χ1n) is 4.47. The maximum absolute atomic E-state index is 5.52. The Morgan fingerprint density at radius 1 is 1.53 bits per heavy atom. The quantitative estimate of drug-likeness (QED) is 0.615. The fraction of sp³-hybridized carbons (Fsp3) is 0.200. The average molecular weight is 224 g/mol. The molecule has 0 fully saturated rings. The second-order valence-corrected chi connectivity index (χ2v) is 3.92. The van der Waals surface area contributed by atoms with Crippen LogP contribution < -0.4 is 16.0 Å². The van der Waals surface area contributed by atoms with Gasteiger partial charge in [0, 0.05) is 0 Å². The lowest BCUT2D eigenvalue weighted by Crippen LogP contribution is -2.28. The number of hydrogen-bond acceptors (Lipinski definition) is 5. The van der Waals surface area contributed by atoms with Gasteiger partial charge in [-0.05, 0) is 23.6 Å². The monoisotopic (exact) mass is 224 g/mol. The first-order chi connectivity index (χ1) is 7.36. The minimum absolute atomic E-state index is 0.157. The Morgan fingerprint density at radius 3 is 3.00 bits per heavy atom. The molecule has 0 radical (unpaired) electrons. The van der Waals surface area contributed by atoms with E-state index in [1.165, 1.54) is 0 Å². The number of ether oxygens (including phenoxy) is 1. The van der Waals surface area contributed by atoms with E-state index in [0.29, 0.717) is 0 Å². The van der Waals surface area contributed by atoms with E-state index in [9.17, 15) is 0 Å². The van der Waals surface area contributed by atoms with Crippen LogP contribution in [-0.4, -0.2) is 7.11 Å². The van der Waals surface area contributed by atoms with Gasteiger partial charge < -0.3 is 9.15 Å². The summed E-state index contributed by atoms with van der Waals surface area (Å²) in [7, 11) is 1.64. The predicted molar refractivity (Wildman–Crippen MR) is 58.7 cm³/mol. The van der Waals surface area contributed by atoms with Gasteiger partial charge >= 0.3 is 0 Å². The van der Waals surface area contributed by atoms with Crippen molar-refractivity contribution in [2.75, 3.05) is 7.11 Å². The molecule has 0 saturated carbocycles. The van der Waals surface area contributed by atoms with Gasteiger partial charge in [-0.3, -0.25) is 5.84 Å². The van der Waals surface area contributed by atoms with E-state index < -0.39 is 0 Å². The van der Waals surface area contributed by atoms with Crippen LogP contribution in [0.3, 0.4) is 0 Å². The van der Waals surface area contributed by atoms with E-state index in [0.717, 1.165) is 16.4 Å². The summed E-state index contributed by atoms with van der Waals surface area (Å²) in [5.41, 5.74) is 2.72. The molecule has 0 aliphatic heterocycles. The molecule has 0 aromatic carbocycles. The van der Waals surface area contributed by atoms with Gasteiger partial charge in [-0.2, -0.15) is 0 Å². The maximum Gasteiger partial charge on any atom is 0.134 e. The van der Waals surface area contributed by atoms with Crippen molar-refractivity contribution in [1.82, 2.24) is 5.43 Å². The summed E-state index contributed by atoms with van der Waals surface area (Å²) in [5.74, 6) is 7.11. The summed E-state index contributed by atoms with van der Waals surface area (Å²) in [4.78, 5) is 1.01. The maximum atomic E-state index is 5.52. The van der Waals surface area contributed by atoms with Crippen LogP contribution in [-0.2, 0) is 0 Å². The van der Waals surface area contributed by atoms with E-state index in [4.69, 9.17) is 15.0 Å². The van der Waals surface area contributed by atoms with Crippen molar-refractivity contribution in [3.63, 3.8) is 0 Å². The van der Waals surface area contributed by atoms with Crippen molar-refractivity contribution in [1.29, 1.82) is 0 Å². The van der Waals surface area contributed by atoms with Gasteiger partial charge in [-0.15, -0.1) is 11.3 Å². The topological polar surface area (TPSA) is 60.4 Å². The summed E-state index contributed by atoms with van der Waals surface area (Å²) < 4.78 is 10.6. The lowest BCUT2D eigenvalue weighted by molar-refractivity contribution is 0.398. The molecule has 5 heteroatoms. The second kappa shape index (κ2) is 4.48. The molecule has 2 aromatic heterocycles. The molecule has 0 aliphatic carbocycles. The van der Waals surface area contributed by atoms with E-state index in [1.807, 2.05) is 23.6 Å². The van der Waals surface area contributed by atoms with Gasteiger partial charge in [0.25, 0.3) is 0 Å². The van der Waals surface area contributed by atoms with Crippen LogP contribution in [0.1, 0.15) is 16.7 Å². The molecule has 4 nitrogen and oxygen atoms in total. The van der Waals surface area contributed by atoms with Crippen molar-refractivity contribution in [3.8, 4) is 5.75 Å². The van der Waals surface area contributed by atoms with Crippen LogP contribution in [0.4, 0.5) is 0 Å². The van der Waals surface area contributed by atoms with Crippen molar-refractivity contribution < 1.29 is 9.15 Å². The molecular formula is C10H12N2O2S. The molecule has 0 spiro atoms. The number of nitrogens with one attached hydrogen (secondary N) is 1. The molecule has 0 saturated heterocycles. The Kier molecular flexibility index (Phi) is 3.05. The number of nitrogens with two attached hydrogens (primary N) is 1. The van der Waals surface area contributed by atoms with Gasteiger partial charge in [0.2, 0.25) is 0 Å². The minimum atomic E-state index is -0.157. The molecule has 2 aromatic rings. The third-order valence-corrected chi connectivity index (χ3v) is 3.10. The van der Waals surface area contributed by atoms with E-state index >= 15 is 0 Å². The second-order valence-electron chi connectivity index (χ2n) is 2.97. The first kappa shape index (κ1) is 10.2. The molecule has 1 unspecified atom stereocenters. The summed E-state index contributed by atoms with van der Waals surface area (Å²) in [6.07, 6.45) is 1.62. The van der Waals surface area contributed by atoms with Gasteiger partial charge in [-0.25, -0.2) is 5.43 Å². The summed E-state index contributed by atoms with van der Waals surface area (Å²) in [5, 5.41) is 1.96. The molecule has 15 heavy (non-hydrogen) atoms. The predicted octanol–water partition coefficient (Wildman–Crippen LogP) is 1.90. The van der Waals surface area contributed by atoms with Crippen LogP contribution in [0.2, 0.25) is 0 Å². The SMILES string of the molecule is COc1ccsc1C(NN)c1ccco1. The third-order valence-electron chi connectivity index (χ3n) is 2.13. The third kappa shape index (κ3) is 1.90. The highest BCUT2D eigenvalue weighted by atomic mass is 32.1. The van der Waals surface area contributed by atoms with Gasteiger partial charge in [0.15, 0.2) is 0 Å². The lowest BCUT2D eigenvalue weighted by Gasteiger charge is -2.13. The number of hydrazine groups is 1. The zero-order valence-electron chi connectivity index (χ0n) is 8.27. The fourth-order valence-electron chi connectivity index (χ4n) is 1.43. The van der Waals surface area contributed by atoms with Gasteiger partial charge in [-0.1, -0.05) is 0 Å². The average Bonchev–Trinajstić information content (AvgIpc) is 2.89. The molecule has 2 rings (SSSR count). The van der Waals surface area contributed by atoms with Gasteiger partial charge in [0.05, 0.1) is 18.3 Å². The molecule has 0 amide bonds. The molecule has 80 valence electrons. The number of rotatable bonds is 4. The molecule has 0 bridgehead atoms. The fourth-order valence-corrected chi connectivity index (χ4v) is 2.36. The Labute approximate surface area is 91.6 Å². The Bertz CT molecular complexity index is 411. The molecule has 2 heterocycles. The summed E-state index contributed by atoms with van der Waals surface area (Å²) in [6.45, 7) is 0. The van der Waals surface area contributed by atoms with Crippen LogP contribution in [0.5, 0.6) is 5.75 Å². The smallest absolute Gasteiger partial charge is 0.134 e. The van der Waals surface area contributed by atoms with Crippen LogP contribution >= 0.6 is 11.3 Å². The first-order valence-corrected chi connectivity index (χ1v) is 5.35. The lowest BCUT2D eigenvalue weighted by atomic mass is 10.2. The van der Waals surface area contributed by atoms with E-state index in [2.05, 4.69) is 5.43 Å². The number of methoxy groups -OCH3 is 1. The Hall–Kier alpha value is -1.30. The van der Waals surface area contributed by atoms with E-state index in [-0.39, 0.29) is 6.04 Å². The van der Waals surface area contributed by atoms with Gasteiger partial charge in [0.1, 0.15) is 17.6 Å². The van der Waals surface area contributed by atoms with Crippen LogP contribution in [0.15, 0.2) is 34.3 Å².